The van der Waals surface area contributed by atoms with Crippen molar-refractivity contribution in [3.63, 3.8) is 0 Å². The first-order chi connectivity index (χ1) is 12.1. The maximum Gasteiger partial charge on any atom is 0.416 e. The first-order valence-corrected chi connectivity index (χ1v) is 7.79. The normalized spacial score (nSPS) is 11.5. The van der Waals surface area contributed by atoms with E-state index in [0.717, 1.165) is 17.4 Å². The molecule has 0 saturated heterocycles. The smallest absolute Gasteiger partial charge is 0.416 e. The average molecular weight is 384 g/mol. The van der Waals surface area contributed by atoms with Gasteiger partial charge in [-0.15, -0.1) is 0 Å². The average Bonchev–Trinajstić information content (AvgIpc) is 2.94. The van der Waals surface area contributed by atoms with Crippen molar-refractivity contribution in [2.45, 2.75) is 6.18 Å². The summed E-state index contributed by atoms with van der Waals surface area (Å²) in [7, 11) is 0. The number of halogens is 4. The summed E-state index contributed by atoms with van der Waals surface area (Å²) >= 11 is 0.956. The monoisotopic (exact) mass is 384 g/mol. The van der Waals surface area contributed by atoms with Gasteiger partial charge in [0.1, 0.15) is 5.82 Å². The highest BCUT2D eigenvalue weighted by Crippen LogP contribution is 2.31. The van der Waals surface area contributed by atoms with Crippen molar-refractivity contribution in [2.24, 2.45) is 0 Å². The van der Waals surface area contributed by atoms with Gasteiger partial charge < -0.3 is 5.11 Å². The van der Waals surface area contributed by atoms with E-state index in [1.165, 1.54) is 18.2 Å². The molecule has 3 rings (SSSR count). The van der Waals surface area contributed by atoms with Gasteiger partial charge in [-0.05, 0) is 36.4 Å². The third kappa shape index (κ3) is 3.49. The van der Waals surface area contributed by atoms with E-state index in [0.29, 0.717) is 16.3 Å². The van der Waals surface area contributed by atoms with Crippen LogP contribution in [0, 0.1) is 5.82 Å². The van der Waals surface area contributed by atoms with Gasteiger partial charge in [0.05, 0.1) is 26.9 Å². The Bertz CT molecular complexity index is 1030. The number of hydrogen-bond acceptors (Lipinski definition) is 4. The van der Waals surface area contributed by atoms with Crippen LogP contribution >= 0.6 is 11.3 Å². The highest BCUT2D eigenvalue weighted by Gasteiger charge is 2.31. The number of fused-ring (bicyclic) bond motifs is 1. The first kappa shape index (κ1) is 17.8. The SMILES string of the molecule is O=C(O)c1ccc2nc(NC(=O)c3ccc(C(F)(F)F)cc3F)sc2c1. The van der Waals surface area contributed by atoms with E-state index < -0.39 is 35.0 Å². The minimum Gasteiger partial charge on any atom is -0.478 e. The summed E-state index contributed by atoms with van der Waals surface area (Å²) in [6, 6.07) is 5.74. The number of rotatable bonds is 3. The second kappa shape index (κ2) is 6.37. The van der Waals surface area contributed by atoms with Crippen LogP contribution in [-0.4, -0.2) is 22.0 Å². The zero-order chi connectivity index (χ0) is 19.1. The number of thiazole rings is 1. The Labute approximate surface area is 146 Å². The van der Waals surface area contributed by atoms with Crippen molar-refractivity contribution >= 4 is 38.6 Å². The zero-order valence-electron chi connectivity index (χ0n) is 12.6. The van der Waals surface area contributed by atoms with E-state index in [2.05, 4.69) is 10.3 Å². The molecule has 0 radical (unpaired) electrons. The van der Waals surface area contributed by atoms with Gasteiger partial charge in [0.2, 0.25) is 0 Å². The molecule has 10 heteroatoms. The molecule has 0 aliphatic rings. The second-order valence-electron chi connectivity index (χ2n) is 5.15. The van der Waals surface area contributed by atoms with E-state index in [-0.39, 0.29) is 16.8 Å². The highest BCUT2D eigenvalue weighted by atomic mass is 32.1. The fourth-order valence-electron chi connectivity index (χ4n) is 2.15. The summed E-state index contributed by atoms with van der Waals surface area (Å²) in [6.45, 7) is 0. The molecule has 0 spiro atoms. The number of carbonyl (C=O) groups excluding carboxylic acids is 1. The molecular formula is C16H8F4N2O3S. The van der Waals surface area contributed by atoms with Crippen molar-refractivity contribution in [2.75, 3.05) is 5.32 Å². The summed E-state index contributed by atoms with van der Waals surface area (Å²) in [4.78, 5) is 27.1. The van der Waals surface area contributed by atoms with Gasteiger partial charge in [-0.25, -0.2) is 14.2 Å². The van der Waals surface area contributed by atoms with E-state index in [9.17, 15) is 27.2 Å². The number of alkyl halides is 3. The number of carbonyl (C=O) groups is 2. The Balaban J connectivity index is 1.86. The summed E-state index contributed by atoms with van der Waals surface area (Å²) < 4.78 is 51.9. The van der Waals surface area contributed by atoms with Crippen LogP contribution in [0.2, 0.25) is 0 Å². The van der Waals surface area contributed by atoms with E-state index in [1.807, 2.05) is 0 Å². The van der Waals surface area contributed by atoms with Crippen molar-refractivity contribution in [3.05, 3.63) is 58.9 Å². The van der Waals surface area contributed by atoms with Crippen LogP contribution in [0.15, 0.2) is 36.4 Å². The predicted molar refractivity (Wildman–Crippen MR) is 85.9 cm³/mol. The Morgan fingerprint density at radius 3 is 2.46 bits per heavy atom. The Hall–Kier alpha value is -3.01. The first-order valence-electron chi connectivity index (χ1n) is 6.97. The third-order valence-electron chi connectivity index (χ3n) is 3.40. The van der Waals surface area contributed by atoms with Crippen molar-refractivity contribution < 1.29 is 32.3 Å². The van der Waals surface area contributed by atoms with Crippen LogP contribution in [0.4, 0.5) is 22.7 Å². The number of anilines is 1. The lowest BCUT2D eigenvalue weighted by Gasteiger charge is -2.08. The number of aromatic carboxylic acids is 1. The molecule has 0 fully saturated rings. The molecule has 1 amide bonds. The molecule has 2 N–H and O–H groups in total. The van der Waals surface area contributed by atoms with Gasteiger partial charge in [-0.2, -0.15) is 13.2 Å². The molecule has 0 aliphatic carbocycles. The molecule has 1 heterocycles. The van der Waals surface area contributed by atoms with E-state index in [4.69, 9.17) is 5.11 Å². The lowest BCUT2D eigenvalue weighted by molar-refractivity contribution is -0.137. The molecule has 134 valence electrons. The third-order valence-corrected chi connectivity index (χ3v) is 4.33. The fraction of sp³-hybridized carbons (Fsp3) is 0.0625. The van der Waals surface area contributed by atoms with E-state index in [1.54, 1.807) is 0 Å². The van der Waals surface area contributed by atoms with Crippen LogP contribution < -0.4 is 5.32 Å². The lowest BCUT2D eigenvalue weighted by Crippen LogP contribution is -2.15. The van der Waals surface area contributed by atoms with Crippen LogP contribution in [0.5, 0.6) is 0 Å². The quantitative estimate of drug-likeness (QED) is 0.656. The van der Waals surface area contributed by atoms with Gasteiger partial charge in [-0.1, -0.05) is 11.3 Å². The van der Waals surface area contributed by atoms with Crippen LogP contribution in [-0.2, 0) is 6.18 Å². The van der Waals surface area contributed by atoms with Crippen LogP contribution in [0.1, 0.15) is 26.3 Å². The van der Waals surface area contributed by atoms with Gasteiger partial charge in [0, 0.05) is 0 Å². The standard InChI is InChI=1S/C16H8F4N2O3S/c17-10-6-8(16(18,19)20)2-3-9(10)13(23)22-15-21-11-4-1-7(14(24)25)5-12(11)26-15/h1-6H,(H,24,25)(H,21,22,23). The number of nitrogens with zero attached hydrogens (tertiary/aromatic N) is 1. The predicted octanol–water partition coefficient (Wildman–Crippen LogP) is 4.40. The second-order valence-corrected chi connectivity index (χ2v) is 6.18. The van der Waals surface area contributed by atoms with E-state index >= 15 is 0 Å². The van der Waals surface area contributed by atoms with Crippen LogP contribution in [0.3, 0.4) is 0 Å². The van der Waals surface area contributed by atoms with Gasteiger partial charge in [-0.3, -0.25) is 10.1 Å². The van der Waals surface area contributed by atoms with Crippen molar-refractivity contribution in [1.29, 1.82) is 0 Å². The molecule has 0 aliphatic heterocycles. The summed E-state index contributed by atoms with van der Waals surface area (Å²) in [5.41, 5.74) is -1.31. The summed E-state index contributed by atoms with van der Waals surface area (Å²) in [5, 5.41) is 11.3. The number of benzene rings is 2. The highest BCUT2D eigenvalue weighted by molar-refractivity contribution is 7.22. The van der Waals surface area contributed by atoms with Gasteiger partial charge >= 0.3 is 12.1 Å². The fourth-order valence-corrected chi connectivity index (χ4v) is 3.05. The maximum atomic E-state index is 13.8. The largest absolute Gasteiger partial charge is 0.478 e. The number of carboxylic acid groups (broad SMARTS) is 1. The van der Waals surface area contributed by atoms with Crippen molar-refractivity contribution in [1.82, 2.24) is 4.98 Å². The Kier molecular flexibility index (Phi) is 4.36. The summed E-state index contributed by atoms with van der Waals surface area (Å²) in [5.74, 6) is -3.40. The van der Waals surface area contributed by atoms with Gasteiger partial charge in [0.25, 0.3) is 5.91 Å². The minimum absolute atomic E-state index is 0.0350. The molecule has 26 heavy (non-hydrogen) atoms. The molecular weight excluding hydrogens is 376 g/mol. The van der Waals surface area contributed by atoms with Crippen molar-refractivity contribution in [3.8, 4) is 0 Å². The molecule has 0 bridgehead atoms. The minimum atomic E-state index is -4.72. The number of aromatic nitrogens is 1. The zero-order valence-corrected chi connectivity index (χ0v) is 13.4. The number of amides is 1. The molecule has 0 atom stereocenters. The molecule has 1 aromatic heterocycles. The molecule has 0 unspecified atom stereocenters. The maximum absolute atomic E-state index is 13.8. The summed E-state index contributed by atoms with van der Waals surface area (Å²) in [6.07, 6.45) is -4.72. The number of nitrogens with one attached hydrogen (secondary N) is 1. The molecule has 5 nitrogen and oxygen atoms in total. The molecule has 2 aromatic carbocycles. The van der Waals surface area contributed by atoms with Gasteiger partial charge in [0.15, 0.2) is 5.13 Å². The topological polar surface area (TPSA) is 79.3 Å². The Morgan fingerprint density at radius 1 is 1.12 bits per heavy atom. The Morgan fingerprint density at radius 2 is 1.85 bits per heavy atom. The lowest BCUT2D eigenvalue weighted by atomic mass is 10.1. The van der Waals surface area contributed by atoms with Crippen LogP contribution in [0.25, 0.3) is 10.2 Å². The molecule has 3 aromatic rings. The number of carboxylic acids is 1. The number of hydrogen-bond donors (Lipinski definition) is 2. The molecule has 0 saturated carbocycles.